The molecule has 0 unspecified atom stereocenters. The van der Waals surface area contributed by atoms with Crippen LogP contribution in [-0.4, -0.2) is 47.1 Å². The molecule has 10 heteroatoms. The second-order valence-electron chi connectivity index (χ2n) is 6.41. The van der Waals surface area contributed by atoms with E-state index in [-0.39, 0.29) is 24.2 Å². The fraction of sp³-hybridized carbons (Fsp3) is 0.250. The summed E-state index contributed by atoms with van der Waals surface area (Å²) in [4.78, 5) is 22.1. The maximum atomic E-state index is 12.7. The normalized spacial score (nSPS) is 13.8. The molecular formula is C20H15F3N4O2S. The van der Waals surface area contributed by atoms with Crippen molar-refractivity contribution in [1.29, 1.82) is 0 Å². The first-order valence-electron chi connectivity index (χ1n) is 8.99. The van der Waals surface area contributed by atoms with E-state index in [0.717, 1.165) is 12.1 Å². The van der Waals surface area contributed by atoms with E-state index < -0.39 is 11.7 Å². The number of hydrogen-bond acceptors (Lipinski definition) is 5. The Morgan fingerprint density at radius 1 is 1.13 bits per heavy atom. The molecule has 1 saturated heterocycles. The number of carbonyl (C=O) groups is 1. The molecule has 1 aliphatic heterocycles. The number of nitrogens with zero attached hydrogens (tertiary/aromatic N) is 3. The van der Waals surface area contributed by atoms with Crippen LogP contribution in [0.3, 0.4) is 0 Å². The van der Waals surface area contributed by atoms with Gasteiger partial charge in [0, 0.05) is 29.4 Å². The first-order chi connectivity index (χ1) is 14.4. The smallest absolute Gasteiger partial charge is 0.416 e. The molecule has 3 heterocycles. The summed E-state index contributed by atoms with van der Waals surface area (Å²) in [6, 6.07) is 4.44. The number of benzene rings is 1. The van der Waals surface area contributed by atoms with Gasteiger partial charge in [-0.25, -0.2) is 14.8 Å². The van der Waals surface area contributed by atoms with E-state index in [1.807, 2.05) is 10.8 Å². The van der Waals surface area contributed by atoms with Crippen molar-refractivity contribution in [1.82, 2.24) is 20.2 Å². The summed E-state index contributed by atoms with van der Waals surface area (Å²) in [7, 11) is 0. The van der Waals surface area contributed by atoms with Crippen molar-refractivity contribution in [3.63, 3.8) is 0 Å². The topological polar surface area (TPSA) is 67.4 Å². The number of hydrogen-bond donors (Lipinski definition) is 1. The van der Waals surface area contributed by atoms with Crippen molar-refractivity contribution in [3.8, 4) is 17.7 Å². The van der Waals surface area contributed by atoms with Crippen molar-refractivity contribution in [2.24, 2.45) is 0 Å². The van der Waals surface area contributed by atoms with E-state index >= 15 is 0 Å². The van der Waals surface area contributed by atoms with Gasteiger partial charge < -0.3 is 15.0 Å². The van der Waals surface area contributed by atoms with Crippen molar-refractivity contribution in [3.05, 3.63) is 51.8 Å². The van der Waals surface area contributed by atoms with Crippen molar-refractivity contribution >= 4 is 28.4 Å². The lowest BCUT2D eigenvalue weighted by Gasteiger charge is -2.14. The number of nitrogens with one attached hydrogen (secondary N) is 1. The molecule has 1 aliphatic rings. The van der Waals surface area contributed by atoms with E-state index in [9.17, 15) is 18.0 Å². The van der Waals surface area contributed by atoms with Gasteiger partial charge in [-0.3, -0.25) is 0 Å². The van der Waals surface area contributed by atoms with Gasteiger partial charge in [0.25, 0.3) is 0 Å². The average molecular weight is 432 g/mol. The molecule has 0 spiro atoms. The predicted molar refractivity (Wildman–Crippen MR) is 105 cm³/mol. The minimum absolute atomic E-state index is 0.139. The summed E-state index contributed by atoms with van der Waals surface area (Å²) in [6.07, 6.45) is -4.39. The SMILES string of the molecule is O=C1NCCN1CCOc1nc2cscc2nc1C#Cc1ccc(C(F)(F)F)cc1. The molecule has 154 valence electrons. The number of ether oxygens (including phenoxy) is 1. The number of amides is 2. The summed E-state index contributed by atoms with van der Waals surface area (Å²) in [5, 5.41) is 6.37. The molecule has 30 heavy (non-hydrogen) atoms. The Labute approximate surface area is 173 Å². The van der Waals surface area contributed by atoms with E-state index in [1.54, 1.807) is 4.90 Å². The van der Waals surface area contributed by atoms with Gasteiger partial charge in [0.05, 0.1) is 12.1 Å². The minimum Gasteiger partial charge on any atom is -0.474 e. The van der Waals surface area contributed by atoms with Crippen molar-refractivity contribution < 1.29 is 22.7 Å². The molecule has 1 fully saturated rings. The van der Waals surface area contributed by atoms with E-state index in [4.69, 9.17) is 4.74 Å². The van der Waals surface area contributed by atoms with Crippen molar-refractivity contribution in [2.75, 3.05) is 26.2 Å². The van der Waals surface area contributed by atoms with Gasteiger partial charge in [-0.1, -0.05) is 5.92 Å². The van der Waals surface area contributed by atoms with Crippen LogP contribution in [0, 0.1) is 11.8 Å². The zero-order valence-corrected chi connectivity index (χ0v) is 16.3. The van der Waals surface area contributed by atoms with Crippen LogP contribution in [0.2, 0.25) is 0 Å². The molecule has 3 aromatic rings. The van der Waals surface area contributed by atoms with Crippen LogP contribution in [0.15, 0.2) is 35.0 Å². The number of alkyl halides is 3. The Kier molecular flexibility index (Phi) is 5.46. The van der Waals surface area contributed by atoms with E-state index in [2.05, 4.69) is 27.1 Å². The molecule has 1 aromatic carbocycles. The number of carbonyl (C=O) groups excluding carboxylic acids is 1. The molecule has 0 atom stereocenters. The van der Waals surface area contributed by atoms with Gasteiger partial charge in [0.15, 0.2) is 5.69 Å². The molecule has 2 aromatic heterocycles. The third-order valence-corrected chi connectivity index (χ3v) is 5.08. The van der Waals surface area contributed by atoms with Gasteiger partial charge in [-0.2, -0.15) is 13.2 Å². The van der Waals surface area contributed by atoms with Crippen LogP contribution in [0.5, 0.6) is 5.88 Å². The highest BCUT2D eigenvalue weighted by atomic mass is 32.1. The zero-order valence-electron chi connectivity index (χ0n) is 15.5. The third kappa shape index (κ3) is 4.46. The lowest BCUT2D eigenvalue weighted by Crippen LogP contribution is -2.32. The third-order valence-electron chi connectivity index (χ3n) is 4.36. The highest BCUT2D eigenvalue weighted by Gasteiger charge is 2.29. The second kappa shape index (κ2) is 8.20. The lowest BCUT2D eigenvalue weighted by atomic mass is 10.1. The Hall–Kier alpha value is -3.32. The van der Waals surface area contributed by atoms with Gasteiger partial charge in [0.2, 0.25) is 5.88 Å². The molecule has 0 aliphatic carbocycles. The predicted octanol–water partition coefficient (Wildman–Crippen LogP) is 3.51. The first-order valence-corrected chi connectivity index (χ1v) is 9.93. The quantitative estimate of drug-likeness (QED) is 0.641. The number of thiophene rings is 1. The Morgan fingerprint density at radius 2 is 1.87 bits per heavy atom. The summed E-state index contributed by atoms with van der Waals surface area (Å²) in [6.45, 7) is 1.81. The minimum atomic E-state index is -4.39. The van der Waals surface area contributed by atoms with Crippen LogP contribution in [0.4, 0.5) is 18.0 Å². The number of halogens is 3. The van der Waals surface area contributed by atoms with Crippen LogP contribution in [-0.2, 0) is 6.18 Å². The van der Waals surface area contributed by atoms with Crippen LogP contribution in [0.1, 0.15) is 16.8 Å². The molecule has 0 saturated carbocycles. The number of fused-ring (bicyclic) bond motifs is 1. The fourth-order valence-electron chi connectivity index (χ4n) is 2.81. The lowest BCUT2D eigenvalue weighted by molar-refractivity contribution is -0.137. The number of rotatable bonds is 4. The number of aromatic nitrogens is 2. The van der Waals surface area contributed by atoms with Crippen LogP contribution in [0.25, 0.3) is 11.0 Å². The maximum Gasteiger partial charge on any atom is 0.416 e. The Balaban J connectivity index is 1.54. The summed E-state index contributed by atoms with van der Waals surface area (Å²) < 4.78 is 43.8. The largest absolute Gasteiger partial charge is 0.474 e. The molecule has 0 bridgehead atoms. The monoisotopic (exact) mass is 432 g/mol. The second-order valence-corrected chi connectivity index (χ2v) is 7.16. The van der Waals surface area contributed by atoms with Gasteiger partial charge >= 0.3 is 12.2 Å². The van der Waals surface area contributed by atoms with Crippen LogP contribution < -0.4 is 10.1 Å². The maximum absolute atomic E-state index is 12.7. The van der Waals surface area contributed by atoms with Crippen LogP contribution >= 0.6 is 11.3 Å². The van der Waals surface area contributed by atoms with Gasteiger partial charge in [-0.15, -0.1) is 11.3 Å². The van der Waals surface area contributed by atoms with E-state index in [0.29, 0.717) is 36.2 Å². The molecule has 6 nitrogen and oxygen atoms in total. The van der Waals surface area contributed by atoms with Gasteiger partial charge in [-0.05, 0) is 30.2 Å². The fourth-order valence-corrected chi connectivity index (χ4v) is 3.49. The molecule has 2 amide bonds. The summed E-state index contributed by atoms with van der Waals surface area (Å²) >= 11 is 1.44. The van der Waals surface area contributed by atoms with E-state index in [1.165, 1.54) is 23.5 Å². The first kappa shape index (κ1) is 20.0. The highest BCUT2D eigenvalue weighted by molar-refractivity contribution is 7.09. The molecule has 4 rings (SSSR count). The zero-order chi connectivity index (χ0) is 21.1. The number of urea groups is 1. The molecular weight excluding hydrogens is 417 g/mol. The summed E-state index contributed by atoms with van der Waals surface area (Å²) in [5.41, 5.74) is 1.28. The van der Waals surface area contributed by atoms with Crippen molar-refractivity contribution in [2.45, 2.75) is 6.18 Å². The Bertz CT molecular complexity index is 1130. The Morgan fingerprint density at radius 3 is 2.53 bits per heavy atom. The standard InChI is InChI=1S/C20H15F3N4O2S/c21-20(22,23)14-4-1-13(2-5-14)3-6-15-18(26-17-12-30-11-16(17)25-15)29-10-9-27-8-7-24-19(27)28/h1-2,4-5,11-12H,7-10H2,(H,24,28). The molecule has 1 N–H and O–H groups in total. The average Bonchev–Trinajstić information content (AvgIpc) is 3.34. The highest BCUT2D eigenvalue weighted by Crippen LogP contribution is 2.29. The van der Waals surface area contributed by atoms with Gasteiger partial charge in [0.1, 0.15) is 17.6 Å². The molecule has 0 radical (unpaired) electrons. The summed E-state index contributed by atoms with van der Waals surface area (Å²) in [5.74, 6) is 5.87.